The number of nitrogens with one attached hydrogen (secondary N) is 1. The highest BCUT2D eigenvalue weighted by atomic mass is 16.5. The number of amides is 1. The molecule has 1 heterocycles. The fourth-order valence-corrected chi connectivity index (χ4v) is 1.27. The van der Waals surface area contributed by atoms with Gasteiger partial charge in [0.15, 0.2) is 0 Å². The van der Waals surface area contributed by atoms with Crippen LogP contribution in [0.4, 0.5) is 0 Å². The molecule has 1 saturated heterocycles. The van der Waals surface area contributed by atoms with Gasteiger partial charge in [-0.25, -0.2) is 0 Å². The number of rotatable bonds is 2. The fraction of sp³-hybridized carbons (Fsp3) is 0.700. The van der Waals surface area contributed by atoms with E-state index in [1.807, 2.05) is 6.92 Å². The summed E-state index contributed by atoms with van der Waals surface area (Å²) in [6, 6.07) is 0. The first-order chi connectivity index (χ1) is 6.19. The van der Waals surface area contributed by atoms with Crippen LogP contribution in [0.1, 0.15) is 20.3 Å². The van der Waals surface area contributed by atoms with Crippen molar-refractivity contribution in [1.82, 2.24) is 5.32 Å². The van der Waals surface area contributed by atoms with Crippen LogP contribution >= 0.6 is 0 Å². The van der Waals surface area contributed by atoms with Crippen molar-refractivity contribution in [3.8, 4) is 11.8 Å². The van der Waals surface area contributed by atoms with Crippen LogP contribution in [-0.4, -0.2) is 25.7 Å². The molecule has 0 aliphatic carbocycles. The monoisotopic (exact) mass is 181 g/mol. The van der Waals surface area contributed by atoms with Crippen molar-refractivity contribution >= 4 is 5.91 Å². The summed E-state index contributed by atoms with van der Waals surface area (Å²) in [5.41, 5.74) is -0.338. The predicted molar refractivity (Wildman–Crippen MR) is 50.0 cm³/mol. The van der Waals surface area contributed by atoms with E-state index in [1.54, 1.807) is 6.92 Å². The highest BCUT2D eigenvalue weighted by Crippen LogP contribution is 2.27. The maximum absolute atomic E-state index is 11.6. The molecule has 1 fully saturated rings. The second-order valence-corrected chi connectivity index (χ2v) is 3.47. The molecule has 3 nitrogen and oxygen atoms in total. The molecule has 72 valence electrons. The van der Waals surface area contributed by atoms with Crippen LogP contribution in [0, 0.1) is 17.3 Å². The van der Waals surface area contributed by atoms with Gasteiger partial charge in [-0.3, -0.25) is 4.79 Å². The molecule has 1 atom stereocenters. The molecular weight excluding hydrogens is 166 g/mol. The fourth-order valence-electron chi connectivity index (χ4n) is 1.27. The molecule has 1 unspecified atom stereocenters. The summed E-state index contributed by atoms with van der Waals surface area (Å²) >= 11 is 0. The lowest BCUT2D eigenvalue weighted by molar-refractivity contribution is -0.129. The Hall–Kier alpha value is -1.01. The van der Waals surface area contributed by atoms with E-state index in [4.69, 9.17) is 4.74 Å². The molecule has 3 heteroatoms. The molecule has 0 spiro atoms. The number of ether oxygens (including phenoxy) is 1. The van der Waals surface area contributed by atoms with Gasteiger partial charge in [-0.2, -0.15) is 0 Å². The third-order valence-corrected chi connectivity index (χ3v) is 2.28. The molecule has 13 heavy (non-hydrogen) atoms. The van der Waals surface area contributed by atoms with Crippen LogP contribution in [0.15, 0.2) is 0 Å². The summed E-state index contributed by atoms with van der Waals surface area (Å²) < 4.78 is 5.19. The minimum absolute atomic E-state index is 0.0488. The second kappa shape index (κ2) is 4.29. The quantitative estimate of drug-likeness (QED) is 0.632. The van der Waals surface area contributed by atoms with Gasteiger partial charge in [0.1, 0.15) is 0 Å². The van der Waals surface area contributed by atoms with Gasteiger partial charge >= 0.3 is 0 Å². The van der Waals surface area contributed by atoms with Gasteiger partial charge in [-0.05, 0) is 20.3 Å². The van der Waals surface area contributed by atoms with Gasteiger partial charge in [0.25, 0.3) is 0 Å². The third-order valence-electron chi connectivity index (χ3n) is 2.28. The molecule has 1 rings (SSSR count). The molecule has 1 amide bonds. The molecule has 0 radical (unpaired) electrons. The van der Waals surface area contributed by atoms with Gasteiger partial charge in [-0.1, -0.05) is 5.92 Å². The first-order valence-corrected chi connectivity index (χ1v) is 4.45. The summed E-state index contributed by atoms with van der Waals surface area (Å²) in [4.78, 5) is 11.6. The van der Waals surface area contributed by atoms with Crippen molar-refractivity contribution < 1.29 is 9.53 Å². The number of carbonyl (C=O) groups excluding carboxylic acids is 1. The molecule has 0 saturated carbocycles. The first-order valence-electron chi connectivity index (χ1n) is 4.45. The van der Waals surface area contributed by atoms with Crippen LogP contribution in [0.5, 0.6) is 0 Å². The van der Waals surface area contributed by atoms with E-state index >= 15 is 0 Å². The van der Waals surface area contributed by atoms with Gasteiger partial charge in [0, 0.05) is 6.61 Å². The lowest BCUT2D eigenvalue weighted by atomic mass is 9.89. The van der Waals surface area contributed by atoms with E-state index in [9.17, 15) is 4.79 Å². The summed E-state index contributed by atoms with van der Waals surface area (Å²) in [6.45, 7) is 5.33. The Morgan fingerprint density at radius 3 is 3.00 bits per heavy atom. The molecule has 0 aromatic carbocycles. The Morgan fingerprint density at radius 1 is 1.69 bits per heavy atom. The number of carbonyl (C=O) groups is 1. The van der Waals surface area contributed by atoms with E-state index in [0.29, 0.717) is 19.8 Å². The SMILES string of the molecule is CC#CCNC(=O)C1(C)CCOC1. The normalized spacial score (nSPS) is 26.3. The highest BCUT2D eigenvalue weighted by molar-refractivity contribution is 5.82. The van der Waals surface area contributed by atoms with Crippen LogP contribution < -0.4 is 5.32 Å². The van der Waals surface area contributed by atoms with E-state index in [0.717, 1.165) is 6.42 Å². The topological polar surface area (TPSA) is 38.3 Å². The molecule has 0 aromatic rings. The lowest BCUT2D eigenvalue weighted by Gasteiger charge is -2.19. The molecule has 1 N–H and O–H groups in total. The maximum atomic E-state index is 11.6. The van der Waals surface area contributed by atoms with E-state index < -0.39 is 0 Å². The van der Waals surface area contributed by atoms with Crippen LogP contribution in [0.3, 0.4) is 0 Å². The van der Waals surface area contributed by atoms with Gasteiger partial charge in [0.05, 0.1) is 18.6 Å². The second-order valence-electron chi connectivity index (χ2n) is 3.47. The Kier molecular flexibility index (Phi) is 3.32. The standard InChI is InChI=1S/C10H15NO2/c1-3-4-6-11-9(12)10(2)5-7-13-8-10/h5-8H2,1-2H3,(H,11,12). The molecule has 0 aromatic heterocycles. The first kappa shape index (κ1) is 10.1. The minimum atomic E-state index is -0.338. The average molecular weight is 181 g/mol. The zero-order valence-corrected chi connectivity index (χ0v) is 8.14. The Morgan fingerprint density at radius 2 is 2.46 bits per heavy atom. The Balaban J connectivity index is 2.40. The van der Waals surface area contributed by atoms with Gasteiger partial charge in [0.2, 0.25) is 5.91 Å². The van der Waals surface area contributed by atoms with Gasteiger partial charge < -0.3 is 10.1 Å². The van der Waals surface area contributed by atoms with Crippen molar-refractivity contribution in [2.24, 2.45) is 5.41 Å². The van der Waals surface area contributed by atoms with Crippen LogP contribution in [0.25, 0.3) is 0 Å². The van der Waals surface area contributed by atoms with Crippen molar-refractivity contribution in [3.05, 3.63) is 0 Å². The Bertz CT molecular complexity index is 243. The average Bonchev–Trinajstić information content (AvgIpc) is 2.54. The summed E-state index contributed by atoms with van der Waals surface area (Å²) in [5.74, 6) is 5.58. The minimum Gasteiger partial charge on any atom is -0.380 e. The van der Waals surface area contributed by atoms with E-state index in [1.165, 1.54) is 0 Å². The van der Waals surface area contributed by atoms with E-state index in [2.05, 4.69) is 17.2 Å². The largest absolute Gasteiger partial charge is 0.380 e. The Labute approximate surface area is 78.8 Å². The van der Waals surface area contributed by atoms with Crippen molar-refractivity contribution in [2.75, 3.05) is 19.8 Å². The maximum Gasteiger partial charge on any atom is 0.229 e. The summed E-state index contributed by atoms with van der Waals surface area (Å²) in [6.07, 6.45) is 0.804. The zero-order chi connectivity index (χ0) is 9.73. The van der Waals surface area contributed by atoms with Crippen LogP contribution in [0.2, 0.25) is 0 Å². The highest BCUT2D eigenvalue weighted by Gasteiger charge is 2.36. The van der Waals surface area contributed by atoms with Crippen molar-refractivity contribution in [2.45, 2.75) is 20.3 Å². The molecular formula is C10H15NO2. The van der Waals surface area contributed by atoms with E-state index in [-0.39, 0.29) is 11.3 Å². The van der Waals surface area contributed by atoms with Gasteiger partial charge in [-0.15, -0.1) is 5.92 Å². The number of hydrogen-bond acceptors (Lipinski definition) is 2. The smallest absolute Gasteiger partial charge is 0.229 e. The molecule has 1 aliphatic rings. The predicted octanol–water partition coefficient (Wildman–Crippen LogP) is 0.552. The van der Waals surface area contributed by atoms with Crippen LogP contribution in [-0.2, 0) is 9.53 Å². The molecule has 0 bridgehead atoms. The zero-order valence-electron chi connectivity index (χ0n) is 8.14. The van der Waals surface area contributed by atoms with Crippen molar-refractivity contribution in [3.63, 3.8) is 0 Å². The lowest BCUT2D eigenvalue weighted by Crippen LogP contribution is -2.39. The number of hydrogen-bond donors (Lipinski definition) is 1. The molecule has 1 aliphatic heterocycles. The summed E-state index contributed by atoms with van der Waals surface area (Å²) in [5, 5.41) is 2.77. The third kappa shape index (κ3) is 2.46. The van der Waals surface area contributed by atoms with Crippen molar-refractivity contribution in [1.29, 1.82) is 0 Å². The summed E-state index contributed by atoms with van der Waals surface area (Å²) in [7, 11) is 0.